The monoisotopic (exact) mass is 368 g/mol. The van der Waals surface area contributed by atoms with E-state index in [0.29, 0.717) is 22.8 Å². The van der Waals surface area contributed by atoms with Crippen LogP contribution < -0.4 is 10.1 Å². The fourth-order valence-electron chi connectivity index (χ4n) is 2.45. The van der Waals surface area contributed by atoms with Gasteiger partial charge in [0, 0.05) is 17.2 Å². The summed E-state index contributed by atoms with van der Waals surface area (Å²) in [7, 11) is 1.57. The molecule has 3 rings (SSSR count). The lowest BCUT2D eigenvalue weighted by Crippen LogP contribution is -2.24. The predicted molar refractivity (Wildman–Crippen MR) is 94.7 cm³/mol. The Morgan fingerprint density at radius 2 is 2.00 bits per heavy atom. The van der Waals surface area contributed by atoms with Crippen molar-refractivity contribution >= 4 is 11.6 Å². The molecular weight excluding hydrogens is 352 g/mol. The van der Waals surface area contributed by atoms with Crippen molar-refractivity contribution in [3.8, 4) is 11.4 Å². The van der Waals surface area contributed by atoms with Crippen LogP contribution in [-0.4, -0.2) is 38.1 Å². The van der Waals surface area contributed by atoms with Crippen molar-refractivity contribution in [3.63, 3.8) is 0 Å². The van der Waals surface area contributed by atoms with Crippen LogP contribution in [0.4, 0.5) is 5.69 Å². The third kappa shape index (κ3) is 3.89. The number of nitrogens with one attached hydrogen (secondary N) is 1. The van der Waals surface area contributed by atoms with Crippen molar-refractivity contribution in [1.29, 1.82) is 0 Å². The van der Waals surface area contributed by atoms with Crippen LogP contribution in [0.1, 0.15) is 21.7 Å². The maximum absolute atomic E-state index is 12.3. The molecule has 1 heterocycles. The molecule has 0 aliphatic carbocycles. The number of amides is 1. The zero-order valence-electron chi connectivity index (χ0n) is 14.6. The minimum atomic E-state index is -0.518. The Hall–Kier alpha value is -3.82. The van der Waals surface area contributed by atoms with E-state index in [4.69, 9.17) is 4.74 Å². The number of hydrogen-bond acceptors (Lipinski definition) is 7. The topological polar surface area (TPSA) is 125 Å². The molecule has 1 aromatic heterocycles. The van der Waals surface area contributed by atoms with E-state index in [1.807, 2.05) is 0 Å². The highest BCUT2D eigenvalue weighted by Gasteiger charge is 2.16. The zero-order chi connectivity index (χ0) is 19.4. The molecular formula is C17H16N6O4. The quantitative estimate of drug-likeness (QED) is 0.519. The number of tetrazole rings is 1. The number of nitro benzene ring substituents is 1. The summed E-state index contributed by atoms with van der Waals surface area (Å²) >= 11 is 0. The highest BCUT2D eigenvalue weighted by molar-refractivity contribution is 5.94. The summed E-state index contributed by atoms with van der Waals surface area (Å²) in [6, 6.07) is 11.4. The Morgan fingerprint density at radius 1 is 1.26 bits per heavy atom. The maximum atomic E-state index is 12.3. The van der Waals surface area contributed by atoms with E-state index in [2.05, 4.69) is 20.8 Å². The van der Waals surface area contributed by atoms with Gasteiger partial charge < -0.3 is 10.1 Å². The van der Waals surface area contributed by atoms with E-state index >= 15 is 0 Å². The van der Waals surface area contributed by atoms with Crippen LogP contribution in [-0.2, 0) is 6.54 Å². The van der Waals surface area contributed by atoms with E-state index in [9.17, 15) is 14.9 Å². The van der Waals surface area contributed by atoms with Gasteiger partial charge in [0.25, 0.3) is 11.6 Å². The second-order valence-electron chi connectivity index (χ2n) is 5.65. The van der Waals surface area contributed by atoms with E-state index in [-0.39, 0.29) is 17.8 Å². The summed E-state index contributed by atoms with van der Waals surface area (Å²) in [6.45, 7) is 1.67. The van der Waals surface area contributed by atoms with Crippen LogP contribution in [0.15, 0.2) is 42.5 Å². The fourth-order valence-corrected chi connectivity index (χ4v) is 2.45. The van der Waals surface area contributed by atoms with Crippen LogP contribution in [0.3, 0.4) is 0 Å². The first-order valence-corrected chi connectivity index (χ1v) is 7.94. The Balaban J connectivity index is 1.74. The molecule has 3 aromatic rings. The van der Waals surface area contributed by atoms with Gasteiger partial charge in [0.15, 0.2) is 5.82 Å². The van der Waals surface area contributed by atoms with Crippen LogP contribution >= 0.6 is 0 Å². The number of rotatable bonds is 6. The second kappa shape index (κ2) is 7.60. The summed E-state index contributed by atoms with van der Waals surface area (Å²) < 4.78 is 6.60. The Morgan fingerprint density at radius 3 is 2.67 bits per heavy atom. The molecule has 27 heavy (non-hydrogen) atoms. The lowest BCUT2D eigenvalue weighted by molar-refractivity contribution is -0.385. The number of ether oxygens (including phenoxy) is 1. The predicted octanol–water partition coefficient (Wildman–Crippen LogP) is 1.82. The van der Waals surface area contributed by atoms with Crippen molar-refractivity contribution in [3.05, 3.63) is 69.5 Å². The standard InChI is InChI=1S/C17H16N6O4/c1-11-3-4-12(9-15(11)23(25)26)17(24)18-10-16-19-20-21-22(16)13-5-7-14(27-2)8-6-13/h3-9H,10H2,1-2H3,(H,18,24). The minimum Gasteiger partial charge on any atom is -0.497 e. The van der Waals surface area contributed by atoms with Crippen molar-refractivity contribution in [2.75, 3.05) is 7.11 Å². The normalized spacial score (nSPS) is 10.4. The third-order valence-electron chi connectivity index (χ3n) is 3.93. The van der Waals surface area contributed by atoms with Gasteiger partial charge in [0.05, 0.1) is 24.3 Å². The first kappa shape index (κ1) is 18.0. The van der Waals surface area contributed by atoms with Crippen LogP contribution in [0.25, 0.3) is 5.69 Å². The van der Waals surface area contributed by atoms with E-state index in [1.54, 1.807) is 38.3 Å². The highest BCUT2D eigenvalue weighted by atomic mass is 16.6. The number of aromatic nitrogens is 4. The molecule has 10 nitrogen and oxygen atoms in total. The molecule has 0 unspecified atom stereocenters. The molecule has 10 heteroatoms. The van der Waals surface area contributed by atoms with Crippen LogP contribution in [0.2, 0.25) is 0 Å². The van der Waals surface area contributed by atoms with E-state index in [0.717, 1.165) is 0 Å². The zero-order valence-corrected chi connectivity index (χ0v) is 14.6. The summed E-state index contributed by atoms with van der Waals surface area (Å²) in [5.41, 5.74) is 1.28. The fraction of sp³-hybridized carbons (Fsp3) is 0.176. The Kier molecular flexibility index (Phi) is 5.06. The lowest BCUT2D eigenvalue weighted by atomic mass is 10.1. The first-order valence-electron chi connectivity index (χ1n) is 7.94. The van der Waals surface area contributed by atoms with Gasteiger partial charge in [0.1, 0.15) is 5.75 Å². The Labute approximate surface area is 153 Å². The largest absolute Gasteiger partial charge is 0.497 e. The number of nitro groups is 1. The summed E-state index contributed by atoms with van der Waals surface area (Å²) in [5.74, 6) is 0.653. The second-order valence-corrected chi connectivity index (χ2v) is 5.65. The minimum absolute atomic E-state index is 0.0551. The van der Waals surface area contributed by atoms with E-state index < -0.39 is 10.8 Å². The molecule has 1 amide bonds. The number of carbonyl (C=O) groups is 1. The van der Waals surface area contributed by atoms with Crippen molar-refractivity contribution in [1.82, 2.24) is 25.5 Å². The number of carbonyl (C=O) groups excluding carboxylic acids is 1. The van der Waals surface area contributed by atoms with E-state index in [1.165, 1.54) is 22.9 Å². The van der Waals surface area contributed by atoms with Gasteiger partial charge in [-0.05, 0) is 47.7 Å². The molecule has 0 fully saturated rings. The summed E-state index contributed by atoms with van der Waals surface area (Å²) in [5, 5.41) is 25.1. The average molecular weight is 368 g/mol. The smallest absolute Gasteiger partial charge is 0.273 e. The number of aryl methyl sites for hydroxylation is 1. The molecule has 0 atom stereocenters. The first-order chi connectivity index (χ1) is 13.0. The van der Waals surface area contributed by atoms with Gasteiger partial charge in [-0.25, -0.2) is 0 Å². The maximum Gasteiger partial charge on any atom is 0.273 e. The number of methoxy groups -OCH3 is 1. The Bertz CT molecular complexity index is 983. The molecule has 0 saturated heterocycles. The molecule has 2 aromatic carbocycles. The van der Waals surface area contributed by atoms with Gasteiger partial charge >= 0.3 is 0 Å². The van der Waals surface area contributed by atoms with Crippen molar-refractivity contribution in [2.45, 2.75) is 13.5 Å². The average Bonchev–Trinajstić information content (AvgIpc) is 3.15. The molecule has 0 saturated carbocycles. The van der Waals surface area contributed by atoms with Crippen LogP contribution in [0.5, 0.6) is 5.75 Å². The van der Waals surface area contributed by atoms with Gasteiger partial charge in [-0.15, -0.1) is 5.10 Å². The SMILES string of the molecule is COc1ccc(-n2nnnc2CNC(=O)c2ccc(C)c([N+](=O)[O-])c2)cc1. The summed E-state index contributed by atoms with van der Waals surface area (Å²) in [4.78, 5) is 22.8. The molecule has 0 spiro atoms. The molecule has 0 radical (unpaired) electrons. The molecule has 1 N–H and O–H groups in total. The molecule has 0 aliphatic rings. The lowest BCUT2D eigenvalue weighted by Gasteiger charge is -2.07. The number of nitrogens with zero attached hydrogens (tertiary/aromatic N) is 5. The number of hydrogen-bond donors (Lipinski definition) is 1. The third-order valence-corrected chi connectivity index (χ3v) is 3.93. The molecule has 138 valence electrons. The summed E-state index contributed by atoms with van der Waals surface area (Å²) in [6.07, 6.45) is 0. The molecule has 0 aliphatic heterocycles. The van der Waals surface area contributed by atoms with Gasteiger partial charge in [-0.2, -0.15) is 4.68 Å². The van der Waals surface area contributed by atoms with Gasteiger partial charge in [0.2, 0.25) is 0 Å². The van der Waals surface area contributed by atoms with Crippen molar-refractivity contribution in [2.24, 2.45) is 0 Å². The highest BCUT2D eigenvalue weighted by Crippen LogP contribution is 2.19. The molecule has 0 bridgehead atoms. The number of benzene rings is 2. The van der Waals surface area contributed by atoms with Gasteiger partial charge in [-0.1, -0.05) is 6.07 Å². The van der Waals surface area contributed by atoms with Gasteiger partial charge in [-0.3, -0.25) is 14.9 Å². The van der Waals surface area contributed by atoms with Crippen LogP contribution in [0, 0.1) is 17.0 Å². The van der Waals surface area contributed by atoms with Crippen molar-refractivity contribution < 1.29 is 14.5 Å².